The van der Waals surface area contributed by atoms with Gasteiger partial charge in [-0.3, -0.25) is 0 Å². The minimum Gasteiger partial charge on any atom is -0.489 e. The second-order valence-corrected chi connectivity index (χ2v) is 6.46. The van der Waals surface area contributed by atoms with Crippen molar-refractivity contribution in [2.75, 3.05) is 18.5 Å². The fourth-order valence-corrected chi connectivity index (χ4v) is 4.06. The lowest BCUT2D eigenvalue weighted by Gasteiger charge is -2.12. The molecule has 2 aromatic carbocycles. The molecule has 2 aromatic rings. The molecule has 0 aliphatic heterocycles. The smallest absolute Gasteiger partial charge is 0.147 e. The molecule has 1 N–H and O–H groups in total. The van der Waals surface area contributed by atoms with Gasteiger partial charge in [0, 0.05) is 16.7 Å². The number of rotatable bonds is 5. The van der Waals surface area contributed by atoms with E-state index in [2.05, 4.69) is 53.1 Å². The summed E-state index contributed by atoms with van der Waals surface area (Å²) in [4.78, 5) is 0. The molecule has 0 saturated carbocycles. The van der Waals surface area contributed by atoms with Crippen molar-refractivity contribution in [3.63, 3.8) is 0 Å². The summed E-state index contributed by atoms with van der Waals surface area (Å²) < 4.78 is 8.62. The standard InChI is InChI=1S/C14H12Br3NO/c15-10-8-12(16)14(13(17)9-10)19-7-6-18-11-4-2-1-3-5-11/h1-5,8-9,18H,6-7H2. The van der Waals surface area contributed by atoms with Crippen LogP contribution in [-0.4, -0.2) is 13.2 Å². The first-order valence-electron chi connectivity index (χ1n) is 5.73. The average molecular weight is 450 g/mol. The molecule has 2 rings (SSSR count). The molecule has 5 heteroatoms. The number of nitrogens with one attached hydrogen (secondary N) is 1. The molecule has 0 unspecified atom stereocenters. The number of anilines is 1. The summed E-state index contributed by atoms with van der Waals surface area (Å²) in [5.41, 5.74) is 1.10. The predicted molar refractivity (Wildman–Crippen MR) is 90.0 cm³/mol. The van der Waals surface area contributed by atoms with E-state index in [0.717, 1.165) is 31.4 Å². The van der Waals surface area contributed by atoms with Crippen molar-refractivity contribution >= 4 is 53.5 Å². The highest BCUT2D eigenvalue weighted by Gasteiger charge is 2.07. The van der Waals surface area contributed by atoms with E-state index < -0.39 is 0 Å². The van der Waals surface area contributed by atoms with Crippen molar-refractivity contribution in [1.82, 2.24) is 0 Å². The van der Waals surface area contributed by atoms with Crippen LogP contribution in [0.25, 0.3) is 0 Å². The van der Waals surface area contributed by atoms with Crippen LogP contribution < -0.4 is 10.1 Å². The van der Waals surface area contributed by atoms with Crippen molar-refractivity contribution in [2.45, 2.75) is 0 Å². The predicted octanol–water partition coefficient (Wildman–Crippen LogP) is 5.47. The third kappa shape index (κ3) is 4.51. The number of hydrogen-bond donors (Lipinski definition) is 1. The number of hydrogen-bond acceptors (Lipinski definition) is 2. The highest BCUT2D eigenvalue weighted by molar-refractivity contribution is 9.11. The number of halogens is 3. The first kappa shape index (κ1) is 14.9. The SMILES string of the molecule is Brc1cc(Br)c(OCCNc2ccccc2)c(Br)c1. The molecule has 0 amide bonds. The van der Waals surface area contributed by atoms with Crippen LogP contribution in [0.4, 0.5) is 5.69 Å². The summed E-state index contributed by atoms with van der Waals surface area (Å²) in [6.45, 7) is 1.34. The first-order valence-corrected chi connectivity index (χ1v) is 8.11. The summed E-state index contributed by atoms with van der Waals surface area (Å²) in [5, 5.41) is 3.30. The minimum absolute atomic E-state index is 0.591. The van der Waals surface area contributed by atoms with Gasteiger partial charge >= 0.3 is 0 Å². The van der Waals surface area contributed by atoms with Crippen LogP contribution in [0.3, 0.4) is 0 Å². The van der Waals surface area contributed by atoms with E-state index in [1.165, 1.54) is 0 Å². The molecule has 0 aliphatic rings. The van der Waals surface area contributed by atoms with Crippen LogP contribution in [0.2, 0.25) is 0 Å². The summed E-state index contributed by atoms with van der Waals surface area (Å²) in [7, 11) is 0. The van der Waals surface area contributed by atoms with Gasteiger partial charge in [0.15, 0.2) is 0 Å². The lowest BCUT2D eigenvalue weighted by molar-refractivity contribution is 0.328. The molecule has 0 heterocycles. The molecule has 100 valence electrons. The van der Waals surface area contributed by atoms with E-state index in [4.69, 9.17) is 4.74 Å². The Bertz CT molecular complexity index is 523. The van der Waals surface area contributed by atoms with Gasteiger partial charge in [0.05, 0.1) is 8.95 Å². The lowest BCUT2D eigenvalue weighted by Crippen LogP contribution is -2.11. The van der Waals surface area contributed by atoms with Gasteiger partial charge in [0.2, 0.25) is 0 Å². The maximum absolute atomic E-state index is 5.77. The van der Waals surface area contributed by atoms with E-state index in [-0.39, 0.29) is 0 Å². The largest absolute Gasteiger partial charge is 0.489 e. The van der Waals surface area contributed by atoms with Crippen molar-refractivity contribution < 1.29 is 4.74 Å². The van der Waals surface area contributed by atoms with Gasteiger partial charge in [-0.15, -0.1) is 0 Å². The Labute approximate surface area is 137 Å². The number of ether oxygens (including phenoxy) is 1. The van der Waals surface area contributed by atoms with Crippen molar-refractivity contribution in [3.05, 3.63) is 55.9 Å². The van der Waals surface area contributed by atoms with Gasteiger partial charge < -0.3 is 10.1 Å². The summed E-state index contributed by atoms with van der Waals surface area (Å²) in [6.07, 6.45) is 0. The van der Waals surface area contributed by atoms with Crippen LogP contribution in [0.5, 0.6) is 5.75 Å². The molecule has 0 bridgehead atoms. The minimum atomic E-state index is 0.591. The molecule has 19 heavy (non-hydrogen) atoms. The van der Waals surface area contributed by atoms with Crippen LogP contribution in [0.15, 0.2) is 55.9 Å². The zero-order chi connectivity index (χ0) is 13.7. The molecule has 0 aliphatic carbocycles. The Morgan fingerprint density at radius 3 is 2.21 bits per heavy atom. The van der Waals surface area contributed by atoms with E-state index in [1.54, 1.807) is 0 Å². The average Bonchev–Trinajstić information content (AvgIpc) is 2.38. The van der Waals surface area contributed by atoms with Gasteiger partial charge in [0.1, 0.15) is 12.4 Å². The zero-order valence-electron chi connectivity index (χ0n) is 10.00. The summed E-state index contributed by atoms with van der Waals surface area (Å²) >= 11 is 10.4. The second kappa shape index (κ2) is 7.31. The molecule has 0 atom stereocenters. The Kier molecular flexibility index (Phi) is 5.73. The normalized spacial score (nSPS) is 10.3. The molecular weight excluding hydrogens is 438 g/mol. The van der Waals surface area contributed by atoms with Crippen LogP contribution in [0, 0.1) is 0 Å². The quantitative estimate of drug-likeness (QED) is 0.611. The van der Waals surface area contributed by atoms with E-state index in [0.29, 0.717) is 6.61 Å². The lowest BCUT2D eigenvalue weighted by atomic mass is 10.3. The van der Waals surface area contributed by atoms with Crippen molar-refractivity contribution in [3.8, 4) is 5.75 Å². The molecular formula is C14H12Br3NO. The Hall–Kier alpha value is -0.520. The molecule has 0 spiro atoms. The maximum atomic E-state index is 5.77. The zero-order valence-corrected chi connectivity index (χ0v) is 14.8. The Morgan fingerprint density at radius 2 is 1.58 bits per heavy atom. The van der Waals surface area contributed by atoms with Gasteiger partial charge in [-0.25, -0.2) is 0 Å². The molecule has 0 fully saturated rings. The Morgan fingerprint density at radius 1 is 0.947 bits per heavy atom. The van der Waals surface area contributed by atoms with E-state index in [9.17, 15) is 0 Å². The van der Waals surface area contributed by atoms with Crippen LogP contribution in [0.1, 0.15) is 0 Å². The van der Waals surface area contributed by atoms with Gasteiger partial charge in [0.25, 0.3) is 0 Å². The molecule has 0 radical (unpaired) electrons. The van der Waals surface area contributed by atoms with Crippen LogP contribution in [-0.2, 0) is 0 Å². The van der Waals surface area contributed by atoms with E-state index >= 15 is 0 Å². The van der Waals surface area contributed by atoms with Gasteiger partial charge in [-0.1, -0.05) is 34.1 Å². The third-order valence-electron chi connectivity index (χ3n) is 2.41. The maximum Gasteiger partial charge on any atom is 0.147 e. The van der Waals surface area contributed by atoms with Gasteiger partial charge in [-0.2, -0.15) is 0 Å². The summed E-state index contributed by atoms with van der Waals surface area (Å²) in [6, 6.07) is 14.0. The topological polar surface area (TPSA) is 21.3 Å². The third-order valence-corrected chi connectivity index (χ3v) is 4.05. The van der Waals surface area contributed by atoms with Gasteiger partial charge in [-0.05, 0) is 56.1 Å². The molecule has 0 aromatic heterocycles. The van der Waals surface area contributed by atoms with E-state index in [1.807, 2.05) is 42.5 Å². The highest BCUT2D eigenvalue weighted by Crippen LogP contribution is 2.36. The molecule has 0 saturated heterocycles. The Balaban J connectivity index is 1.86. The second-order valence-electron chi connectivity index (χ2n) is 3.84. The number of benzene rings is 2. The fourth-order valence-electron chi connectivity index (χ4n) is 1.57. The number of para-hydroxylation sites is 1. The fraction of sp³-hybridized carbons (Fsp3) is 0.143. The summed E-state index contributed by atoms with van der Waals surface area (Å²) in [5.74, 6) is 0.818. The first-order chi connectivity index (χ1) is 9.16. The van der Waals surface area contributed by atoms with Crippen molar-refractivity contribution in [2.24, 2.45) is 0 Å². The van der Waals surface area contributed by atoms with Crippen LogP contribution >= 0.6 is 47.8 Å². The highest BCUT2D eigenvalue weighted by atomic mass is 79.9. The van der Waals surface area contributed by atoms with Crippen molar-refractivity contribution in [1.29, 1.82) is 0 Å². The molecule has 2 nitrogen and oxygen atoms in total. The monoisotopic (exact) mass is 447 g/mol.